The quantitative estimate of drug-likeness (QED) is 0.349. The first kappa shape index (κ1) is 27.5. The maximum atomic E-state index is 13.7. The Labute approximate surface area is 222 Å². The number of anilines is 1. The van der Waals surface area contributed by atoms with E-state index in [0.717, 1.165) is 30.4 Å². The largest absolute Gasteiger partial charge is 0.481 e. The molecule has 1 aliphatic rings. The Morgan fingerprint density at radius 3 is 2.68 bits per heavy atom. The molecular weight excluding hydrogens is 488 g/mol. The van der Waals surface area contributed by atoms with Crippen LogP contribution in [0.25, 0.3) is 22.3 Å². The number of fused-ring (bicyclic) bond motifs is 1. The van der Waals surface area contributed by atoms with E-state index in [0.29, 0.717) is 49.9 Å². The lowest BCUT2D eigenvalue weighted by Gasteiger charge is -2.33. The molecule has 0 radical (unpaired) electrons. The predicted octanol–water partition coefficient (Wildman–Crippen LogP) is 2.36. The number of carbonyl (C=O) groups excluding carboxylic acids is 1. The van der Waals surface area contributed by atoms with Crippen LogP contribution in [0.15, 0.2) is 35.4 Å². The number of pyridine rings is 2. The molecule has 1 amide bonds. The summed E-state index contributed by atoms with van der Waals surface area (Å²) in [7, 11) is 4.94. The Hall–Kier alpha value is -3.57. The number of likely N-dealkylation sites (tertiary alicyclic amines) is 1. The number of aromatic nitrogens is 4. The van der Waals surface area contributed by atoms with Crippen molar-refractivity contribution in [1.82, 2.24) is 24.4 Å². The lowest BCUT2D eigenvalue weighted by Crippen LogP contribution is -2.47. The van der Waals surface area contributed by atoms with Gasteiger partial charge in [-0.1, -0.05) is 6.92 Å². The van der Waals surface area contributed by atoms with E-state index in [9.17, 15) is 9.59 Å². The second-order valence-corrected chi connectivity index (χ2v) is 9.36. The minimum absolute atomic E-state index is 0.0338. The van der Waals surface area contributed by atoms with Crippen LogP contribution < -0.4 is 15.2 Å². The van der Waals surface area contributed by atoms with Gasteiger partial charge in [-0.05, 0) is 31.4 Å². The zero-order chi connectivity index (χ0) is 27.1. The van der Waals surface area contributed by atoms with Gasteiger partial charge in [0, 0.05) is 70.0 Å². The smallest absolute Gasteiger partial charge is 0.294 e. The molecule has 0 spiro atoms. The fourth-order valence-corrected chi connectivity index (χ4v) is 4.55. The van der Waals surface area contributed by atoms with Crippen LogP contribution in [-0.4, -0.2) is 90.5 Å². The average Bonchev–Trinajstić information content (AvgIpc) is 2.95. The number of hydrogen-bond donors (Lipinski definition) is 0. The molecule has 204 valence electrons. The van der Waals surface area contributed by atoms with Crippen LogP contribution in [0.5, 0.6) is 5.88 Å². The van der Waals surface area contributed by atoms with E-state index >= 15 is 0 Å². The van der Waals surface area contributed by atoms with E-state index in [4.69, 9.17) is 14.2 Å². The summed E-state index contributed by atoms with van der Waals surface area (Å²) in [6, 6.07) is 5.54. The van der Waals surface area contributed by atoms with Crippen LogP contribution >= 0.6 is 0 Å². The molecule has 0 saturated carbocycles. The first-order valence-corrected chi connectivity index (χ1v) is 13.0. The van der Waals surface area contributed by atoms with Crippen molar-refractivity contribution in [3.8, 4) is 17.0 Å². The molecule has 0 unspecified atom stereocenters. The lowest BCUT2D eigenvalue weighted by atomic mass is 10.1. The molecule has 4 heterocycles. The number of likely N-dealkylation sites (N-methyl/N-ethyl adjacent to an activating group) is 1. The van der Waals surface area contributed by atoms with Gasteiger partial charge in [0.05, 0.1) is 31.9 Å². The summed E-state index contributed by atoms with van der Waals surface area (Å²) in [5.41, 5.74) is 2.34. The summed E-state index contributed by atoms with van der Waals surface area (Å²) < 4.78 is 17.9. The highest BCUT2D eigenvalue weighted by atomic mass is 16.5. The van der Waals surface area contributed by atoms with Gasteiger partial charge < -0.3 is 24.0 Å². The Kier molecular flexibility index (Phi) is 9.24. The van der Waals surface area contributed by atoms with Gasteiger partial charge in [0.1, 0.15) is 0 Å². The van der Waals surface area contributed by atoms with Crippen molar-refractivity contribution in [2.75, 3.05) is 59.0 Å². The second-order valence-electron chi connectivity index (χ2n) is 9.36. The van der Waals surface area contributed by atoms with Gasteiger partial charge in [-0.25, -0.2) is 15.0 Å². The van der Waals surface area contributed by atoms with E-state index in [1.807, 2.05) is 19.1 Å². The Balaban J connectivity index is 1.65. The summed E-state index contributed by atoms with van der Waals surface area (Å²) in [5, 5.41) is 0. The molecular formula is C27H36N6O5. The molecule has 4 rings (SSSR count). The number of nitrogens with zero attached hydrogens (tertiary/aromatic N) is 6. The van der Waals surface area contributed by atoms with Gasteiger partial charge in [-0.3, -0.25) is 14.2 Å². The van der Waals surface area contributed by atoms with E-state index < -0.39 is 0 Å². The average molecular weight is 525 g/mol. The first-order valence-electron chi connectivity index (χ1n) is 13.0. The molecule has 0 N–H and O–H groups in total. The molecule has 1 saturated heterocycles. The van der Waals surface area contributed by atoms with Crippen molar-refractivity contribution in [3.05, 3.63) is 40.9 Å². The highest BCUT2D eigenvalue weighted by Crippen LogP contribution is 2.23. The Morgan fingerprint density at radius 2 is 1.97 bits per heavy atom. The molecule has 0 bridgehead atoms. The van der Waals surface area contributed by atoms with Crippen molar-refractivity contribution >= 4 is 22.9 Å². The summed E-state index contributed by atoms with van der Waals surface area (Å²) >= 11 is 0. The number of carbonyl (C=O) groups is 1. The number of amides is 1. The molecule has 1 fully saturated rings. The number of piperidine rings is 1. The van der Waals surface area contributed by atoms with Crippen LogP contribution in [0.4, 0.5) is 5.82 Å². The Bertz CT molecular complexity index is 1300. The van der Waals surface area contributed by atoms with Crippen molar-refractivity contribution in [1.29, 1.82) is 0 Å². The van der Waals surface area contributed by atoms with Gasteiger partial charge in [-0.15, -0.1) is 0 Å². The van der Waals surface area contributed by atoms with E-state index in [2.05, 4.69) is 15.0 Å². The molecule has 1 atom stereocenters. The molecule has 1 aliphatic heterocycles. The molecule has 11 nitrogen and oxygen atoms in total. The highest BCUT2D eigenvalue weighted by Gasteiger charge is 2.25. The first-order chi connectivity index (χ1) is 18.4. The zero-order valence-electron chi connectivity index (χ0n) is 22.6. The molecule has 0 aromatic carbocycles. The van der Waals surface area contributed by atoms with Gasteiger partial charge in [-0.2, -0.15) is 0 Å². The third-order valence-corrected chi connectivity index (χ3v) is 6.67. The summed E-state index contributed by atoms with van der Waals surface area (Å²) in [6.45, 7) is 4.62. The maximum Gasteiger partial charge on any atom is 0.294 e. The summed E-state index contributed by atoms with van der Waals surface area (Å²) in [5.74, 6) is 0.621. The minimum atomic E-state index is -0.298. The van der Waals surface area contributed by atoms with Crippen molar-refractivity contribution in [2.24, 2.45) is 0 Å². The monoisotopic (exact) mass is 524 g/mol. The fourth-order valence-electron chi connectivity index (χ4n) is 4.55. The number of hydrogen-bond acceptors (Lipinski definition) is 9. The predicted molar refractivity (Wildman–Crippen MR) is 145 cm³/mol. The zero-order valence-corrected chi connectivity index (χ0v) is 22.6. The highest BCUT2D eigenvalue weighted by molar-refractivity contribution is 5.82. The van der Waals surface area contributed by atoms with Crippen LogP contribution in [0, 0.1) is 0 Å². The third kappa shape index (κ3) is 6.28. The van der Waals surface area contributed by atoms with Gasteiger partial charge in [0.25, 0.3) is 5.56 Å². The van der Waals surface area contributed by atoms with Crippen molar-refractivity contribution in [3.63, 3.8) is 0 Å². The topological polar surface area (TPSA) is 112 Å². The summed E-state index contributed by atoms with van der Waals surface area (Å²) in [6.07, 6.45) is 6.16. The van der Waals surface area contributed by atoms with Gasteiger partial charge in [0.2, 0.25) is 11.8 Å². The number of ether oxygens (including phenoxy) is 3. The van der Waals surface area contributed by atoms with Crippen molar-refractivity contribution in [2.45, 2.75) is 38.8 Å². The second kappa shape index (κ2) is 12.8. The SMILES string of the molecule is CCCOCCn1c(=O)c(N(C)CC(=O)N2CCC[C@H](OC)C2)nc2ncc(-c3ccc(OC)nc3)cc21. The lowest BCUT2D eigenvalue weighted by molar-refractivity contribution is -0.133. The van der Waals surface area contributed by atoms with E-state index in [1.54, 1.807) is 54.1 Å². The van der Waals surface area contributed by atoms with Gasteiger partial charge in [0.15, 0.2) is 11.5 Å². The maximum absolute atomic E-state index is 13.7. The molecule has 3 aromatic heterocycles. The van der Waals surface area contributed by atoms with Crippen LogP contribution in [-0.2, 0) is 20.8 Å². The fraction of sp³-hybridized carbons (Fsp3) is 0.519. The Morgan fingerprint density at radius 1 is 1.16 bits per heavy atom. The normalized spacial score (nSPS) is 15.6. The molecule has 3 aromatic rings. The van der Waals surface area contributed by atoms with Crippen LogP contribution in [0.3, 0.4) is 0 Å². The molecule has 0 aliphatic carbocycles. The molecule has 38 heavy (non-hydrogen) atoms. The van der Waals surface area contributed by atoms with E-state index in [-0.39, 0.29) is 29.9 Å². The standard InChI is InChI=1S/C27H36N6O5/c1-5-12-38-13-11-33-22-14-20(19-8-9-23(37-4)28-15-19)16-29-25(22)30-26(27(33)35)31(2)18-24(34)32-10-6-7-21(17-32)36-3/h8-9,14-16,21H,5-7,10-13,17-18H2,1-4H3/t21-/m0/s1. The van der Waals surface area contributed by atoms with Crippen molar-refractivity contribution < 1.29 is 19.0 Å². The van der Waals surface area contributed by atoms with E-state index in [1.165, 1.54) is 0 Å². The summed E-state index contributed by atoms with van der Waals surface area (Å²) in [4.78, 5) is 43.5. The minimum Gasteiger partial charge on any atom is -0.481 e. The number of methoxy groups -OCH3 is 2. The third-order valence-electron chi connectivity index (χ3n) is 6.67. The van der Waals surface area contributed by atoms with Crippen LogP contribution in [0.2, 0.25) is 0 Å². The number of rotatable bonds is 11. The van der Waals surface area contributed by atoms with Gasteiger partial charge >= 0.3 is 0 Å². The molecule has 11 heteroatoms. The van der Waals surface area contributed by atoms with Crippen LogP contribution in [0.1, 0.15) is 26.2 Å².